The lowest BCUT2D eigenvalue weighted by molar-refractivity contribution is -0.137. The van der Waals surface area contributed by atoms with Crippen LogP contribution in [0, 0.1) is 0 Å². The third-order valence-corrected chi connectivity index (χ3v) is 3.09. The van der Waals surface area contributed by atoms with Crippen molar-refractivity contribution in [2.45, 2.75) is 19.3 Å². The third kappa shape index (κ3) is 6.33. The highest BCUT2D eigenvalue weighted by molar-refractivity contribution is 5.78. The van der Waals surface area contributed by atoms with E-state index < -0.39 is 5.97 Å². The Hall–Kier alpha value is -1.88. The second-order valence-electron chi connectivity index (χ2n) is 5.00. The third-order valence-electron chi connectivity index (χ3n) is 3.09. The van der Waals surface area contributed by atoms with Crippen molar-refractivity contribution in [1.82, 2.24) is 10.2 Å². The Labute approximate surface area is 119 Å². The highest BCUT2D eigenvalue weighted by atomic mass is 16.4. The Morgan fingerprint density at radius 3 is 2.55 bits per heavy atom. The minimum Gasteiger partial charge on any atom is -0.481 e. The average Bonchev–Trinajstić information content (AvgIpc) is 2.43. The molecule has 1 amide bonds. The standard InChI is InChI=1S/C15H22N2O3/c1-12(13-6-4-3-5-7-13)10-16-14(18)11-17(2)9-8-15(19)20/h3-7,12H,8-11H2,1-2H3,(H,16,18)(H,19,20). The monoisotopic (exact) mass is 278 g/mol. The molecule has 1 unspecified atom stereocenters. The van der Waals surface area contributed by atoms with Gasteiger partial charge in [-0.05, 0) is 18.5 Å². The van der Waals surface area contributed by atoms with Crippen molar-refractivity contribution in [3.05, 3.63) is 35.9 Å². The molecule has 0 aromatic heterocycles. The smallest absolute Gasteiger partial charge is 0.304 e. The van der Waals surface area contributed by atoms with Gasteiger partial charge in [-0.15, -0.1) is 0 Å². The molecule has 5 heteroatoms. The van der Waals surface area contributed by atoms with Gasteiger partial charge in [-0.1, -0.05) is 37.3 Å². The van der Waals surface area contributed by atoms with Crippen LogP contribution in [-0.2, 0) is 9.59 Å². The topological polar surface area (TPSA) is 69.6 Å². The molecule has 2 N–H and O–H groups in total. The minimum absolute atomic E-state index is 0.0458. The summed E-state index contributed by atoms with van der Waals surface area (Å²) in [5.41, 5.74) is 1.19. The van der Waals surface area contributed by atoms with Gasteiger partial charge in [0.1, 0.15) is 0 Å². The quantitative estimate of drug-likeness (QED) is 0.752. The number of carbonyl (C=O) groups is 2. The van der Waals surface area contributed by atoms with Gasteiger partial charge in [-0.2, -0.15) is 0 Å². The van der Waals surface area contributed by atoms with Crippen molar-refractivity contribution in [3.8, 4) is 0 Å². The molecule has 0 heterocycles. The van der Waals surface area contributed by atoms with Crippen LogP contribution in [0.15, 0.2) is 30.3 Å². The van der Waals surface area contributed by atoms with Gasteiger partial charge in [0, 0.05) is 13.1 Å². The van der Waals surface area contributed by atoms with E-state index >= 15 is 0 Å². The molecule has 1 atom stereocenters. The first-order valence-electron chi connectivity index (χ1n) is 6.71. The Kier molecular flexibility index (Phi) is 6.73. The first-order chi connectivity index (χ1) is 9.49. The summed E-state index contributed by atoms with van der Waals surface area (Å²) in [6.07, 6.45) is 0.0458. The van der Waals surface area contributed by atoms with Crippen LogP contribution in [0.1, 0.15) is 24.8 Å². The van der Waals surface area contributed by atoms with E-state index in [1.165, 1.54) is 5.56 Å². The molecule has 20 heavy (non-hydrogen) atoms. The fraction of sp³-hybridized carbons (Fsp3) is 0.467. The van der Waals surface area contributed by atoms with Crippen molar-refractivity contribution in [2.24, 2.45) is 0 Å². The van der Waals surface area contributed by atoms with E-state index in [0.717, 1.165) is 0 Å². The van der Waals surface area contributed by atoms with Crippen LogP contribution in [0.5, 0.6) is 0 Å². The number of aliphatic carboxylic acids is 1. The number of rotatable bonds is 8. The number of nitrogens with one attached hydrogen (secondary N) is 1. The van der Waals surface area contributed by atoms with E-state index in [1.54, 1.807) is 11.9 Å². The largest absolute Gasteiger partial charge is 0.481 e. The molecule has 0 saturated carbocycles. The first kappa shape index (κ1) is 16.2. The van der Waals surface area contributed by atoms with Crippen LogP contribution in [-0.4, -0.2) is 48.6 Å². The molecule has 0 aliphatic rings. The van der Waals surface area contributed by atoms with E-state index in [0.29, 0.717) is 13.1 Å². The molecule has 0 spiro atoms. The maximum atomic E-state index is 11.7. The average molecular weight is 278 g/mol. The lowest BCUT2D eigenvalue weighted by Gasteiger charge is -2.17. The number of likely N-dealkylation sites (N-methyl/N-ethyl adjacent to an activating group) is 1. The first-order valence-corrected chi connectivity index (χ1v) is 6.71. The molecule has 0 radical (unpaired) electrons. The van der Waals surface area contributed by atoms with Crippen LogP contribution >= 0.6 is 0 Å². The van der Waals surface area contributed by atoms with E-state index in [9.17, 15) is 9.59 Å². The SMILES string of the molecule is CC(CNC(=O)CN(C)CCC(=O)O)c1ccccc1. The molecule has 0 bridgehead atoms. The summed E-state index contributed by atoms with van der Waals surface area (Å²) in [6.45, 7) is 3.23. The molecule has 0 saturated heterocycles. The van der Waals surface area contributed by atoms with Gasteiger partial charge in [0.2, 0.25) is 5.91 Å². The van der Waals surface area contributed by atoms with E-state index in [1.807, 2.05) is 30.3 Å². The number of carboxylic acid groups (broad SMARTS) is 1. The zero-order chi connectivity index (χ0) is 15.0. The molecule has 1 aromatic rings. The van der Waals surface area contributed by atoms with E-state index in [2.05, 4.69) is 12.2 Å². The highest BCUT2D eigenvalue weighted by Crippen LogP contribution is 2.12. The number of hydrogen-bond acceptors (Lipinski definition) is 3. The van der Waals surface area contributed by atoms with Crippen molar-refractivity contribution >= 4 is 11.9 Å². The van der Waals surface area contributed by atoms with Gasteiger partial charge in [0.25, 0.3) is 0 Å². The van der Waals surface area contributed by atoms with Crippen molar-refractivity contribution < 1.29 is 14.7 Å². The number of carboxylic acids is 1. The predicted molar refractivity (Wildman–Crippen MR) is 77.6 cm³/mol. The molecular formula is C15H22N2O3. The molecule has 1 aromatic carbocycles. The zero-order valence-electron chi connectivity index (χ0n) is 12.0. The Balaban J connectivity index is 2.27. The van der Waals surface area contributed by atoms with Crippen molar-refractivity contribution in [3.63, 3.8) is 0 Å². The second kappa shape index (κ2) is 8.32. The van der Waals surface area contributed by atoms with Gasteiger partial charge >= 0.3 is 5.97 Å². The number of carbonyl (C=O) groups excluding carboxylic acids is 1. The summed E-state index contributed by atoms with van der Waals surface area (Å²) in [6, 6.07) is 10.00. The maximum absolute atomic E-state index is 11.7. The molecule has 110 valence electrons. The molecule has 5 nitrogen and oxygen atoms in total. The summed E-state index contributed by atoms with van der Waals surface area (Å²) in [4.78, 5) is 23.9. The van der Waals surface area contributed by atoms with E-state index in [4.69, 9.17) is 5.11 Å². The molecular weight excluding hydrogens is 256 g/mol. The van der Waals surface area contributed by atoms with Crippen molar-refractivity contribution in [2.75, 3.05) is 26.7 Å². The number of hydrogen-bond donors (Lipinski definition) is 2. The number of amides is 1. The fourth-order valence-electron chi connectivity index (χ4n) is 1.83. The fourth-order valence-corrected chi connectivity index (χ4v) is 1.83. The van der Waals surface area contributed by atoms with Crippen LogP contribution in [0.4, 0.5) is 0 Å². The maximum Gasteiger partial charge on any atom is 0.304 e. The van der Waals surface area contributed by atoms with E-state index in [-0.39, 0.29) is 24.8 Å². The Morgan fingerprint density at radius 1 is 1.30 bits per heavy atom. The predicted octanol–water partition coefficient (Wildman–Crippen LogP) is 1.31. The number of benzene rings is 1. The normalized spacial score (nSPS) is 12.2. The zero-order valence-corrected chi connectivity index (χ0v) is 12.0. The Morgan fingerprint density at radius 2 is 1.95 bits per heavy atom. The molecule has 0 aliphatic carbocycles. The minimum atomic E-state index is -0.852. The summed E-state index contributed by atoms with van der Waals surface area (Å²) in [5, 5.41) is 11.4. The van der Waals surface area contributed by atoms with Crippen LogP contribution in [0.2, 0.25) is 0 Å². The van der Waals surface area contributed by atoms with Gasteiger partial charge in [-0.3, -0.25) is 14.5 Å². The van der Waals surface area contributed by atoms with Gasteiger partial charge in [0.05, 0.1) is 13.0 Å². The molecule has 1 rings (SSSR count). The number of nitrogens with zero attached hydrogens (tertiary/aromatic N) is 1. The lowest BCUT2D eigenvalue weighted by Crippen LogP contribution is -2.37. The van der Waals surface area contributed by atoms with Crippen LogP contribution in [0.3, 0.4) is 0 Å². The molecule has 0 fully saturated rings. The highest BCUT2D eigenvalue weighted by Gasteiger charge is 2.10. The summed E-state index contributed by atoms with van der Waals surface area (Å²) < 4.78 is 0. The summed E-state index contributed by atoms with van der Waals surface area (Å²) >= 11 is 0. The van der Waals surface area contributed by atoms with Crippen molar-refractivity contribution in [1.29, 1.82) is 0 Å². The lowest BCUT2D eigenvalue weighted by atomic mass is 10.0. The van der Waals surface area contributed by atoms with Gasteiger partial charge in [-0.25, -0.2) is 0 Å². The summed E-state index contributed by atoms with van der Waals surface area (Å²) in [5.74, 6) is -0.680. The van der Waals surface area contributed by atoms with Gasteiger partial charge in [0.15, 0.2) is 0 Å². The van der Waals surface area contributed by atoms with Crippen LogP contribution < -0.4 is 5.32 Å². The summed E-state index contributed by atoms with van der Waals surface area (Å²) in [7, 11) is 1.74. The second-order valence-corrected chi connectivity index (χ2v) is 5.00. The van der Waals surface area contributed by atoms with Crippen LogP contribution in [0.25, 0.3) is 0 Å². The van der Waals surface area contributed by atoms with Gasteiger partial charge < -0.3 is 10.4 Å². The Bertz CT molecular complexity index is 434. The molecule has 0 aliphatic heterocycles.